The minimum Gasteiger partial charge on any atom is -0.377 e. The van der Waals surface area contributed by atoms with Crippen molar-refractivity contribution in [3.05, 3.63) is 101 Å². The Bertz CT molecular complexity index is 1240. The number of alkyl halides is 4. The third-order valence-corrected chi connectivity index (χ3v) is 5.41. The van der Waals surface area contributed by atoms with E-state index in [0.717, 1.165) is 35.6 Å². The van der Waals surface area contributed by atoms with Crippen molar-refractivity contribution in [1.82, 2.24) is 21.1 Å². The van der Waals surface area contributed by atoms with E-state index in [-0.39, 0.29) is 0 Å². The molecular weight excluding hydrogens is 483 g/mol. The average molecular weight is 499 g/mol. The van der Waals surface area contributed by atoms with Crippen molar-refractivity contribution >= 4 is 6.34 Å². The number of hydrazine groups is 2. The number of hydrazone groups is 1. The van der Waals surface area contributed by atoms with E-state index in [1.807, 2.05) is 0 Å². The Kier molecular flexibility index (Phi) is 6.15. The molecule has 0 amide bonds. The van der Waals surface area contributed by atoms with Gasteiger partial charge in [-0.15, -0.1) is 5.53 Å². The molecule has 0 aliphatic carbocycles. The fraction of sp³-hybridized carbons (Fsp3) is 0.182. The van der Waals surface area contributed by atoms with Crippen LogP contribution in [0, 0.1) is 17.5 Å². The third-order valence-electron chi connectivity index (χ3n) is 5.41. The van der Waals surface area contributed by atoms with Gasteiger partial charge in [0.05, 0.1) is 6.54 Å². The molecule has 2 heterocycles. The Morgan fingerprint density at radius 3 is 2.09 bits per heavy atom. The van der Waals surface area contributed by atoms with Gasteiger partial charge in [0.2, 0.25) is 0 Å². The van der Waals surface area contributed by atoms with Gasteiger partial charge in [-0.2, -0.15) is 22.7 Å². The van der Waals surface area contributed by atoms with E-state index in [1.165, 1.54) is 0 Å². The van der Waals surface area contributed by atoms with Crippen LogP contribution in [0.5, 0.6) is 0 Å². The summed E-state index contributed by atoms with van der Waals surface area (Å²) in [7, 11) is 0. The fourth-order valence-electron chi connectivity index (χ4n) is 3.53. The van der Waals surface area contributed by atoms with Crippen LogP contribution in [-0.4, -0.2) is 28.0 Å². The number of hydrogen-bond donors (Lipinski definition) is 3. The summed E-state index contributed by atoms with van der Waals surface area (Å²) in [5, 5.41) is 15.5. The summed E-state index contributed by atoms with van der Waals surface area (Å²) in [5.41, 5.74) is -2.33. The van der Waals surface area contributed by atoms with Gasteiger partial charge in [0.15, 0.2) is 5.60 Å². The Balaban J connectivity index is 1.74. The number of halogens is 7. The van der Waals surface area contributed by atoms with Gasteiger partial charge in [-0.05, 0) is 48.5 Å². The molecule has 6 nitrogen and oxygen atoms in total. The predicted octanol–water partition coefficient (Wildman–Crippen LogP) is 3.89. The zero-order chi connectivity index (χ0) is 25.4. The molecule has 0 fully saturated rings. The van der Waals surface area contributed by atoms with E-state index in [1.54, 1.807) is 0 Å². The molecule has 3 aromatic rings. The van der Waals surface area contributed by atoms with Crippen LogP contribution >= 0.6 is 0 Å². The Hall–Kier alpha value is -3.71. The van der Waals surface area contributed by atoms with Crippen molar-refractivity contribution in [2.24, 2.45) is 5.10 Å². The highest BCUT2D eigenvalue weighted by molar-refractivity contribution is 5.55. The van der Waals surface area contributed by atoms with Crippen molar-refractivity contribution in [2.75, 3.05) is 6.54 Å². The van der Waals surface area contributed by atoms with Crippen LogP contribution < -0.4 is 11.1 Å². The first-order valence-corrected chi connectivity index (χ1v) is 9.92. The molecule has 0 bridgehead atoms. The molecular formula is C22H16F7N5O. The molecule has 2 aromatic carbocycles. The number of nitrogens with zero attached hydrogens (tertiary/aromatic N) is 3. The predicted molar refractivity (Wildman–Crippen MR) is 109 cm³/mol. The van der Waals surface area contributed by atoms with Gasteiger partial charge in [0.1, 0.15) is 29.5 Å². The van der Waals surface area contributed by atoms with Crippen molar-refractivity contribution in [2.45, 2.75) is 17.4 Å². The van der Waals surface area contributed by atoms with E-state index >= 15 is 8.78 Å². The average Bonchev–Trinajstić information content (AvgIpc) is 3.32. The molecule has 1 atom stereocenters. The lowest BCUT2D eigenvalue weighted by molar-refractivity contribution is -0.206. The summed E-state index contributed by atoms with van der Waals surface area (Å²) in [6.45, 7) is -1.01. The van der Waals surface area contributed by atoms with Crippen LogP contribution in [0.2, 0.25) is 0 Å². The number of rotatable bonds is 7. The van der Waals surface area contributed by atoms with Gasteiger partial charge < -0.3 is 5.11 Å². The van der Waals surface area contributed by atoms with E-state index in [2.05, 4.69) is 21.2 Å². The SMILES string of the molecule is OC(CN1C=NNN1)(c1ccc(F)cc1F)C(F)(F)c1ccc(C(F)(F)c2ccc(F)cc2)cn1. The highest BCUT2D eigenvalue weighted by atomic mass is 19.3. The Morgan fingerprint density at radius 1 is 0.857 bits per heavy atom. The second-order valence-electron chi connectivity index (χ2n) is 7.67. The second kappa shape index (κ2) is 8.82. The molecule has 3 N–H and O–H groups in total. The van der Waals surface area contributed by atoms with Crippen LogP contribution in [0.25, 0.3) is 0 Å². The number of aromatic nitrogens is 1. The Labute approximate surface area is 193 Å². The Morgan fingerprint density at radius 2 is 1.51 bits per heavy atom. The van der Waals surface area contributed by atoms with Crippen molar-refractivity contribution < 1.29 is 35.8 Å². The molecule has 1 aromatic heterocycles. The summed E-state index contributed by atoms with van der Waals surface area (Å²) in [5.74, 6) is -11.3. The molecule has 0 saturated carbocycles. The maximum absolute atomic E-state index is 15.7. The monoisotopic (exact) mass is 499 g/mol. The quantitative estimate of drug-likeness (QED) is 0.431. The second-order valence-corrected chi connectivity index (χ2v) is 7.67. The largest absolute Gasteiger partial charge is 0.377 e. The lowest BCUT2D eigenvalue weighted by Gasteiger charge is -2.38. The zero-order valence-corrected chi connectivity index (χ0v) is 17.5. The van der Waals surface area contributed by atoms with Crippen LogP contribution in [0.3, 0.4) is 0 Å². The van der Waals surface area contributed by atoms with Crippen LogP contribution in [0.4, 0.5) is 30.7 Å². The van der Waals surface area contributed by atoms with Crippen LogP contribution in [-0.2, 0) is 17.4 Å². The molecule has 1 aliphatic heterocycles. The highest BCUT2D eigenvalue weighted by Gasteiger charge is 2.58. The lowest BCUT2D eigenvalue weighted by Crippen LogP contribution is -2.54. The summed E-state index contributed by atoms with van der Waals surface area (Å²) < 4.78 is 102. The highest BCUT2D eigenvalue weighted by Crippen LogP contribution is 2.46. The smallest absolute Gasteiger partial charge is 0.323 e. The van der Waals surface area contributed by atoms with E-state index in [4.69, 9.17) is 0 Å². The van der Waals surface area contributed by atoms with E-state index < -0.39 is 63.8 Å². The normalized spacial score (nSPS) is 15.7. The van der Waals surface area contributed by atoms with E-state index in [0.29, 0.717) is 36.5 Å². The van der Waals surface area contributed by atoms with Crippen molar-refractivity contribution in [1.29, 1.82) is 0 Å². The summed E-state index contributed by atoms with van der Waals surface area (Å²) in [6, 6.07) is 6.20. The molecule has 184 valence electrons. The first kappa shape index (κ1) is 24.4. The van der Waals surface area contributed by atoms with Crippen molar-refractivity contribution in [3.63, 3.8) is 0 Å². The minimum absolute atomic E-state index is 0.319. The first-order valence-electron chi connectivity index (χ1n) is 9.92. The molecule has 0 radical (unpaired) electrons. The van der Waals surface area contributed by atoms with Crippen LogP contribution in [0.1, 0.15) is 22.4 Å². The third kappa shape index (κ3) is 4.39. The molecule has 13 heteroatoms. The number of aliphatic hydroxyl groups is 1. The molecule has 0 spiro atoms. The van der Waals surface area contributed by atoms with Crippen molar-refractivity contribution in [3.8, 4) is 0 Å². The van der Waals surface area contributed by atoms with Gasteiger partial charge in [0.25, 0.3) is 5.92 Å². The molecule has 1 unspecified atom stereocenters. The number of benzene rings is 2. The first-order chi connectivity index (χ1) is 16.4. The number of pyridine rings is 1. The number of nitrogens with one attached hydrogen (secondary N) is 2. The zero-order valence-electron chi connectivity index (χ0n) is 17.5. The van der Waals surface area contributed by atoms with Crippen LogP contribution in [0.15, 0.2) is 65.9 Å². The summed E-state index contributed by atoms with van der Waals surface area (Å²) >= 11 is 0. The molecule has 1 aliphatic rings. The van der Waals surface area contributed by atoms with E-state index in [9.17, 15) is 27.1 Å². The maximum atomic E-state index is 15.7. The lowest BCUT2D eigenvalue weighted by atomic mass is 9.84. The van der Waals surface area contributed by atoms with Gasteiger partial charge >= 0.3 is 5.92 Å². The molecule has 4 rings (SSSR count). The van der Waals surface area contributed by atoms with Gasteiger partial charge in [-0.1, -0.05) is 0 Å². The summed E-state index contributed by atoms with van der Waals surface area (Å²) in [4.78, 5) is 3.42. The number of β-amino-alcohol motifs (C(OH)–C–C–N with tert-alkyl or cyclic N) is 1. The standard InChI is InChI=1S/C22H16F7N5O/c23-15-4-1-13(2-5-15)21(26,27)14-3-8-19(30-10-14)22(28,29)20(35,11-34-12-31-32-33-34)17-7-6-16(24)9-18(17)25/h1-10,12,32-33,35H,11H2. The van der Waals surface area contributed by atoms with Gasteiger partial charge in [0, 0.05) is 29.0 Å². The molecule has 35 heavy (non-hydrogen) atoms. The fourth-order valence-corrected chi connectivity index (χ4v) is 3.53. The number of hydrogen-bond acceptors (Lipinski definition) is 6. The topological polar surface area (TPSA) is 72.8 Å². The maximum Gasteiger partial charge on any atom is 0.323 e. The van der Waals surface area contributed by atoms with Gasteiger partial charge in [-0.25, -0.2) is 18.7 Å². The summed E-state index contributed by atoms with van der Waals surface area (Å²) in [6.07, 6.45) is 1.47. The minimum atomic E-state index is -4.37. The molecule has 0 saturated heterocycles. The van der Waals surface area contributed by atoms with Gasteiger partial charge in [-0.3, -0.25) is 9.99 Å².